The van der Waals surface area contributed by atoms with Crippen LogP contribution < -0.4 is 0 Å². The predicted octanol–water partition coefficient (Wildman–Crippen LogP) is 5.03. The van der Waals surface area contributed by atoms with Crippen LogP contribution in [0.5, 0.6) is 0 Å². The molecule has 0 saturated heterocycles. The van der Waals surface area contributed by atoms with E-state index in [0.29, 0.717) is 0 Å². The van der Waals surface area contributed by atoms with Crippen LogP contribution in [0.2, 0.25) is 0 Å². The van der Waals surface area contributed by atoms with E-state index in [1.165, 1.54) is 25.7 Å². The summed E-state index contributed by atoms with van der Waals surface area (Å²) >= 11 is 0. The summed E-state index contributed by atoms with van der Waals surface area (Å²) < 4.78 is 0. The van der Waals surface area contributed by atoms with Crippen LogP contribution in [0, 0.1) is 29.1 Å². The minimum absolute atomic E-state index is 0.829. The summed E-state index contributed by atoms with van der Waals surface area (Å²) in [5, 5.41) is 0. The second kappa shape index (κ2) is 4.03. The van der Waals surface area contributed by atoms with Crippen LogP contribution in [0.1, 0.15) is 71.6 Å². The molecule has 0 N–H and O–H groups in total. The zero-order valence-corrected chi connectivity index (χ0v) is 11.2. The average molecular weight is 220 g/mol. The summed E-state index contributed by atoms with van der Waals surface area (Å²) in [7, 11) is 0. The molecule has 0 aromatic rings. The van der Waals surface area contributed by atoms with Crippen LogP contribution in [0.3, 0.4) is 0 Å². The van der Waals surface area contributed by atoms with Crippen LogP contribution >= 0.6 is 0 Å². The lowest BCUT2D eigenvalue weighted by Crippen LogP contribution is -2.50. The van der Waals surface area contributed by atoms with E-state index in [1.807, 2.05) is 0 Å². The topological polar surface area (TPSA) is 0 Å². The molecule has 4 aliphatic rings. The molecule has 92 valence electrons. The van der Waals surface area contributed by atoms with Crippen molar-refractivity contribution in [1.29, 1.82) is 0 Å². The van der Waals surface area contributed by atoms with Gasteiger partial charge in [0.05, 0.1) is 0 Å². The minimum Gasteiger partial charge on any atom is -0.0654 e. The van der Waals surface area contributed by atoms with Gasteiger partial charge in [0.1, 0.15) is 0 Å². The smallest absolute Gasteiger partial charge is 0.0289 e. The first kappa shape index (κ1) is 11.1. The fourth-order valence-corrected chi connectivity index (χ4v) is 5.94. The number of hydrogen-bond donors (Lipinski definition) is 0. The van der Waals surface area contributed by atoms with E-state index in [1.54, 1.807) is 32.1 Å². The maximum atomic E-state index is 2.39. The fourth-order valence-electron chi connectivity index (χ4n) is 5.94. The van der Waals surface area contributed by atoms with E-state index in [4.69, 9.17) is 0 Å². The Morgan fingerprint density at radius 3 is 2.19 bits per heavy atom. The molecule has 0 radical (unpaired) electrons. The summed E-state index contributed by atoms with van der Waals surface area (Å²) in [6.07, 6.45) is 13.9. The summed E-state index contributed by atoms with van der Waals surface area (Å²) in [5.41, 5.74) is 0.829. The van der Waals surface area contributed by atoms with E-state index in [2.05, 4.69) is 13.8 Å². The largest absolute Gasteiger partial charge is 0.0654 e. The number of rotatable bonds is 4. The lowest BCUT2D eigenvalue weighted by atomic mass is 9.45. The van der Waals surface area contributed by atoms with Gasteiger partial charge in [-0.2, -0.15) is 0 Å². The zero-order valence-electron chi connectivity index (χ0n) is 11.2. The highest BCUT2D eigenvalue weighted by molar-refractivity contribution is 5.04. The summed E-state index contributed by atoms with van der Waals surface area (Å²) in [4.78, 5) is 0. The Balaban J connectivity index is 1.78. The molecule has 2 unspecified atom stereocenters. The molecule has 4 fully saturated rings. The van der Waals surface area contributed by atoms with Crippen molar-refractivity contribution in [3.05, 3.63) is 0 Å². The molecule has 4 rings (SSSR count). The van der Waals surface area contributed by atoms with Crippen molar-refractivity contribution < 1.29 is 0 Å². The van der Waals surface area contributed by atoms with Crippen LogP contribution in [-0.2, 0) is 0 Å². The molecule has 16 heavy (non-hydrogen) atoms. The third kappa shape index (κ3) is 1.64. The Kier molecular flexibility index (Phi) is 2.80. The minimum atomic E-state index is 0.829. The van der Waals surface area contributed by atoms with Gasteiger partial charge in [-0.3, -0.25) is 0 Å². The van der Waals surface area contributed by atoms with E-state index < -0.39 is 0 Å². The fraction of sp³-hybridized carbons (Fsp3) is 1.00. The quantitative estimate of drug-likeness (QED) is 0.623. The lowest BCUT2D eigenvalue weighted by Gasteiger charge is -2.60. The summed E-state index contributed by atoms with van der Waals surface area (Å²) in [6, 6.07) is 0. The first-order valence-electron chi connectivity index (χ1n) is 7.76. The number of hydrogen-bond acceptors (Lipinski definition) is 0. The molecule has 0 aromatic heterocycles. The molecule has 2 atom stereocenters. The monoisotopic (exact) mass is 220 g/mol. The molecule has 0 spiro atoms. The highest BCUT2D eigenvalue weighted by Gasteiger charge is 2.53. The first-order valence-corrected chi connectivity index (χ1v) is 7.76. The van der Waals surface area contributed by atoms with Crippen molar-refractivity contribution >= 4 is 0 Å². The molecule has 0 amide bonds. The third-order valence-corrected chi connectivity index (χ3v) is 6.00. The van der Waals surface area contributed by atoms with Gasteiger partial charge in [-0.25, -0.2) is 0 Å². The molecule has 4 saturated carbocycles. The second-order valence-corrected chi connectivity index (χ2v) is 7.17. The van der Waals surface area contributed by atoms with Gasteiger partial charge in [0.25, 0.3) is 0 Å². The van der Waals surface area contributed by atoms with E-state index >= 15 is 0 Å². The normalized spacial score (nSPS) is 49.9. The van der Waals surface area contributed by atoms with Crippen molar-refractivity contribution in [1.82, 2.24) is 0 Å². The Bertz CT molecular complexity index is 239. The van der Waals surface area contributed by atoms with Crippen molar-refractivity contribution in [2.75, 3.05) is 0 Å². The molecule has 0 heteroatoms. The average Bonchev–Trinajstić information content (AvgIpc) is 2.22. The van der Waals surface area contributed by atoms with Crippen LogP contribution in [0.15, 0.2) is 0 Å². The van der Waals surface area contributed by atoms with E-state index in [9.17, 15) is 0 Å². The van der Waals surface area contributed by atoms with E-state index in [0.717, 1.165) is 29.1 Å². The van der Waals surface area contributed by atoms with E-state index in [-0.39, 0.29) is 0 Å². The van der Waals surface area contributed by atoms with Gasteiger partial charge in [0.15, 0.2) is 0 Å². The standard InChI is InChI=1S/C16H28/c1-3-5-15-13-7-12-8-14(15)11-16(9-12,10-13)6-4-2/h12-15H,3-11H2,1-2H3. The molecule has 0 aliphatic heterocycles. The van der Waals surface area contributed by atoms with Gasteiger partial charge in [-0.1, -0.05) is 33.1 Å². The molecule has 4 aliphatic carbocycles. The molecule has 0 aromatic carbocycles. The Morgan fingerprint density at radius 2 is 1.62 bits per heavy atom. The van der Waals surface area contributed by atoms with Crippen LogP contribution in [-0.4, -0.2) is 0 Å². The lowest BCUT2D eigenvalue weighted by molar-refractivity contribution is -0.101. The van der Waals surface area contributed by atoms with Crippen LogP contribution in [0.25, 0.3) is 0 Å². The van der Waals surface area contributed by atoms with Crippen molar-refractivity contribution in [3.8, 4) is 0 Å². The highest BCUT2D eigenvalue weighted by Crippen LogP contribution is 2.64. The van der Waals surface area contributed by atoms with Gasteiger partial charge < -0.3 is 0 Å². The summed E-state index contributed by atoms with van der Waals surface area (Å²) in [5.74, 6) is 4.54. The van der Waals surface area contributed by atoms with Gasteiger partial charge in [-0.15, -0.1) is 0 Å². The van der Waals surface area contributed by atoms with Gasteiger partial charge in [-0.05, 0) is 67.6 Å². The SMILES string of the molecule is CCCC1C2CC3CC1CC(CCC)(C3)C2. The van der Waals surface area contributed by atoms with Crippen LogP contribution in [0.4, 0.5) is 0 Å². The first-order chi connectivity index (χ1) is 7.76. The second-order valence-electron chi connectivity index (χ2n) is 7.17. The molecular formula is C16H28. The Morgan fingerprint density at radius 1 is 0.938 bits per heavy atom. The maximum absolute atomic E-state index is 2.39. The molecule has 0 heterocycles. The third-order valence-electron chi connectivity index (χ3n) is 6.00. The summed E-state index contributed by atoms with van der Waals surface area (Å²) in [6.45, 7) is 4.77. The van der Waals surface area contributed by atoms with Crippen molar-refractivity contribution in [2.45, 2.75) is 71.6 Å². The molecule has 0 nitrogen and oxygen atoms in total. The van der Waals surface area contributed by atoms with Crippen molar-refractivity contribution in [2.24, 2.45) is 29.1 Å². The maximum Gasteiger partial charge on any atom is -0.0289 e. The zero-order chi connectivity index (χ0) is 11.2. The molecular weight excluding hydrogens is 192 g/mol. The highest BCUT2D eigenvalue weighted by atomic mass is 14.6. The van der Waals surface area contributed by atoms with Crippen molar-refractivity contribution in [3.63, 3.8) is 0 Å². The van der Waals surface area contributed by atoms with Gasteiger partial charge >= 0.3 is 0 Å². The molecule has 4 bridgehead atoms. The Labute approximate surface area is 101 Å². The predicted molar refractivity (Wildman–Crippen MR) is 69.3 cm³/mol. The van der Waals surface area contributed by atoms with Gasteiger partial charge in [0.2, 0.25) is 0 Å². The Hall–Kier alpha value is 0. The van der Waals surface area contributed by atoms with Gasteiger partial charge in [0, 0.05) is 0 Å².